The molecule has 184 valence electrons. The van der Waals surface area contributed by atoms with E-state index in [0.29, 0.717) is 27.8 Å². The lowest BCUT2D eigenvalue weighted by Gasteiger charge is -2.09. The largest absolute Gasteiger partial charge is 0.462 e. The number of esters is 1. The number of benzene rings is 2. The molecule has 2 heterocycles. The Morgan fingerprint density at radius 1 is 1.03 bits per heavy atom. The second-order valence-corrected chi connectivity index (χ2v) is 8.69. The fraction of sp³-hybridized carbons (Fsp3) is 0.200. The van der Waals surface area contributed by atoms with Gasteiger partial charge in [0.05, 0.1) is 23.6 Å². The van der Waals surface area contributed by atoms with Crippen LogP contribution >= 0.6 is 11.8 Å². The zero-order valence-corrected chi connectivity index (χ0v) is 20.7. The number of nitrogens with one attached hydrogen (secondary N) is 1. The first-order chi connectivity index (χ1) is 17.3. The highest BCUT2D eigenvalue weighted by atomic mass is 32.2. The van der Waals surface area contributed by atoms with Crippen LogP contribution < -0.4 is 5.32 Å². The van der Waals surface area contributed by atoms with Gasteiger partial charge < -0.3 is 10.1 Å². The Hall–Kier alpha value is -4.12. The van der Waals surface area contributed by atoms with Crippen LogP contribution in [0.15, 0.2) is 59.8 Å². The van der Waals surface area contributed by atoms with Crippen molar-refractivity contribution in [2.75, 3.05) is 11.9 Å². The molecule has 36 heavy (non-hydrogen) atoms. The first kappa shape index (κ1) is 25.0. The molecule has 1 amide bonds. The van der Waals surface area contributed by atoms with Gasteiger partial charge in [-0.3, -0.25) is 4.79 Å². The number of rotatable bonds is 8. The van der Waals surface area contributed by atoms with E-state index < -0.39 is 11.9 Å². The lowest BCUT2D eigenvalue weighted by atomic mass is 10.2. The Morgan fingerprint density at radius 3 is 2.33 bits per heavy atom. The number of thioether (sulfide) groups is 1. The zero-order valence-electron chi connectivity index (χ0n) is 19.9. The fourth-order valence-electron chi connectivity index (χ4n) is 3.38. The van der Waals surface area contributed by atoms with Gasteiger partial charge >= 0.3 is 5.97 Å². The normalized spacial score (nSPS) is 10.8. The molecule has 2 aromatic heterocycles. The molecule has 0 radical (unpaired) electrons. The van der Waals surface area contributed by atoms with Crippen LogP contribution in [-0.2, 0) is 10.5 Å². The fourth-order valence-corrected chi connectivity index (χ4v) is 4.32. The lowest BCUT2D eigenvalue weighted by molar-refractivity contribution is 0.0526. The SMILES string of the molecule is CCOC(=O)c1ccc(NC(=O)c2nnn(-c3ccc(F)cc3)c2CSc2nc(C)cc(C)n2)cc1. The molecular weight excluding hydrogens is 483 g/mol. The Kier molecular flexibility index (Phi) is 7.69. The third-order valence-electron chi connectivity index (χ3n) is 5.00. The molecule has 1 N–H and O–H groups in total. The molecule has 0 aliphatic heterocycles. The monoisotopic (exact) mass is 506 g/mol. The minimum absolute atomic E-state index is 0.102. The van der Waals surface area contributed by atoms with Crippen LogP contribution in [0.4, 0.5) is 10.1 Å². The summed E-state index contributed by atoms with van der Waals surface area (Å²) in [6, 6.07) is 14.0. The summed E-state index contributed by atoms with van der Waals surface area (Å²) in [5.41, 5.74) is 3.67. The minimum Gasteiger partial charge on any atom is -0.462 e. The molecule has 4 aromatic rings. The third kappa shape index (κ3) is 5.92. The van der Waals surface area contributed by atoms with Crippen molar-refractivity contribution in [2.45, 2.75) is 31.7 Å². The molecule has 0 fully saturated rings. The van der Waals surface area contributed by atoms with Gasteiger partial charge in [-0.1, -0.05) is 17.0 Å². The van der Waals surface area contributed by atoms with Crippen molar-refractivity contribution in [2.24, 2.45) is 0 Å². The van der Waals surface area contributed by atoms with Crippen molar-refractivity contribution in [3.8, 4) is 5.69 Å². The third-order valence-corrected chi connectivity index (χ3v) is 5.86. The van der Waals surface area contributed by atoms with Gasteiger partial charge in [-0.2, -0.15) is 0 Å². The van der Waals surface area contributed by atoms with Gasteiger partial charge in [-0.05, 0) is 75.4 Å². The maximum absolute atomic E-state index is 13.5. The van der Waals surface area contributed by atoms with Crippen LogP contribution in [0, 0.1) is 19.7 Å². The molecule has 0 saturated heterocycles. The van der Waals surface area contributed by atoms with E-state index in [4.69, 9.17) is 4.74 Å². The van der Waals surface area contributed by atoms with E-state index in [0.717, 1.165) is 11.4 Å². The lowest BCUT2D eigenvalue weighted by Crippen LogP contribution is -2.15. The predicted molar refractivity (Wildman–Crippen MR) is 133 cm³/mol. The van der Waals surface area contributed by atoms with E-state index in [9.17, 15) is 14.0 Å². The van der Waals surface area contributed by atoms with E-state index in [2.05, 4.69) is 25.6 Å². The number of carbonyl (C=O) groups excluding carboxylic acids is 2. The standard InChI is InChI=1S/C25H23FN6O3S/c1-4-35-24(34)17-5-9-19(10-6-17)29-23(33)22-21(14-36-25-27-15(2)13-16(3)28-25)32(31-30-22)20-11-7-18(26)8-12-20/h5-13H,4,14H2,1-3H3,(H,29,33). The molecule has 0 aliphatic carbocycles. The van der Waals surface area contributed by atoms with Gasteiger partial charge in [0.2, 0.25) is 0 Å². The number of ether oxygens (including phenoxy) is 1. The van der Waals surface area contributed by atoms with Crippen molar-refractivity contribution >= 4 is 29.3 Å². The van der Waals surface area contributed by atoms with Crippen molar-refractivity contribution in [3.63, 3.8) is 0 Å². The molecule has 11 heteroatoms. The van der Waals surface area contributed by atoms with Crippen molar-refractivity contribution in [3.05, 3.63) is 88.8 Å². The summed E-state index contributed by atoms with van der Waals surface area (Å²) in [4.78, 5) is 33.9. The molecule has 0 unspecified atom stereocenters. The minimum atomic E-state index is -0.482. The maximum Gasteiger partial charge on any atom is 0.338 e. The van der Waals surface area contributed by atoms with Gasteiger partial charge in [0, 0.05) is 22.8 Å². The van der Waals surface area contributed by atoms with Crippen molar-refractivity contribution in [1.29, 1.82) is 0 Å². The average Bonchev–Trinajstić information content (AvgIpc) is 3.27. The summed E-state index contributed by atoms with van der Waals surface area (Å²) in [6.45, 7) is 5.77. The van der Waals surface area contributed by atoms with Crippen LogP contribution in [0.5, 0.6) is 0 Å². The van der Waals surface area contributed by atoms with Gasteiger partial charge in [-0.25, -0.2) is 23.8 Å². The predicted octanol–water partition coefficient (Wildman–Crippen LogP) is 4.53. The van der Waals surface area contributed by atoms with Gasteiger partial charge in [0.1, 0.15) is 5.82 Å². The van der Waals surface area contributed by atoms with Crippen LogP contribution in [0.3, 0.4) is 0 Å². The van der Waals surface area contributed by atoms with E-state index in [-0.39, 0.29) is 23.9 Å². The van der Waals surface area contributed by atoms with Gasteiger partial charge in [-0.15, -0.1) is 5.10 Å². The topological polar surface area (TPSA) is 112 Å². The Morgan fingerprint density at radius 2 is 1.69 bits per heavy atom. The molecule has 0 atom stereocenters. The van der Waals surface area contributed by atoms with Crippen molar-refractivity contribution in [1.82, 2.24) is 25.0 Å². The smallest absolute Gasteiger partial charge is 0.338 e. The quantitative estimate of drug-likeness (QED) is 0.211. The molecule has 0 saturated carbocycles. The number of hydrogen-bond donors (Lipinski definition) is 1. The highest BCUT2D eigenvalue weighted by Crippen LogP contribution is 2.24. The zero-order chi connectivity index (χ0) is 25.7. The van der Waals surface area contributed by atoms with Crippen LogP contribution in [-0.4, -0.2) is 43.4 Å². The molecule has 2 aromatic carbocycles. The molecule has 9 nitrogen and oxygen atoms in total. The second kappa shape index (κ2) is 11.1. The highest BCUT2D eigenvalue weighted by molar-refractivity contribution is 7.98. The number of halogens is 1. The van der Waals surface area contributed by atoms with Gasteiger partial charge in [0.15, 0.2) is 10.9 Å². The number of aryl methyl sites for hydroxylation is 2. The Balaban J connectivity index is 1.61. The molecule has 4 rings (SSSR count). The first-order valence-corrected chi connectivity index (χ1v) is 12.1. The number of anilines is 1. The van der Waals surface area contributed by atoms with E-state index in [1.807, 2.05) is 19.9 Å². The molecule has 0 bridgehead atoms. The number of aromatic nitrogens is 5. The summed E-state index contributed by atoms with van der Waals surface area (Å²) < 4.78 is 20.0. The molecule has 0 spiro atoms. The van der Waals surface area contributed by atoms with Crippen LogP contribution in [0.25, 0.3) is 5.69 Å². The summed E-state index contributed by atoms with van der Waals surface area (Å²) in [6.07, 6.45) is 0. The molecule has 0 aliphatic rings. The highest BCUT2D eigenvalue weighted by Gasteiger charge is 2.22. The molecular formula is C25H23FN6O3S. The number of amides is 1. The van der Waals surface area contributed by atoms with Crippen LogP contribution in [0.2, 0.25) is 0 Å². The summed E-state index contributed by atoms with van der Waals surface area (Å²) in [7, 11) is 0. The Labute approximate surface area is 211 Å². The van der Waals surface area contributed by atoms with E-state index in [1.165, 1.54) is 28.6 Å². The maximum atomic E-state index is 13.5. The van der Waals surface area contributed by atoms with E-state index >= 15 is 0 Å². The van der Waals surface area contributed by atoms with Crippen LogP contribution in [0.1, 0.15) is 44.9 Å². The second-order valence-electron chi connectivity index (χ2n) is 7.75. The summed E-state index contributed by atoms with van der Waals surface area (Å²) >= 11 is 1.34. The first-order valence-electron chi connectivity index (χ1n) is 11.1. The average molecular weight is 507 g/mol. The summed E-state index contributed by atoms with van der Waals surface area (Å²) in [5, 5.41) is 11.6. The number of nitrogens with zero attached hydrogens (tertiary/aromatic N) is 5. The van der Waals surface area contributed by atoms with E-state index in [1.54, 1.807) is 43.3 Å². The van der Waals surface area contributed by atoms with Gasteiger partial charge in [0.25, 0.3) is 5.91 Å². The Bertz CT molecular complexity index is 1370. The summed E-state index contributed by atoms with van der Waals surface area (Å²) in [5.74, 6) is -1.02. The number of carbonyl (C=O) groups is 2. The number of hydrogen-bond acceptors (Lipinski definition) is 8. The van der Waals surface area contributed by atoms with Crippen molar-refractivity contribution < 1.29 is 18.7 Å².